The van der Waals surface area contributed by atoms with E-state index in [1.165, 1.54) is 7.11 Å². The van der Waals surface area contributed by atoms with Crippen LogP contribution in [0.15, 0.2) is 54.6 Å². The Morgan fingerprint density at radius 2 is 1.69 bits per heavy atom. The molecular weight excluding hydrogens is 448 g/mol. The number of likely N-dealkylation sites (tertiary alicyclic amines) is 1. The van der Waals surface area contributed by atoms with Gasteiger partial charge in [-0.1, -0.05) is 36.4 Å². The number of carbonyl (C=O) groups is 4. The molecule has 1 N–H and O–H groups in total. The van der Waals surface area contributed by atoms with Gasteiger partial charge in [0.15, 0.2) is 6.61 Å². The molecule has 3 aliphatic rings. The second kappa shape index (κ2) is 9.52. The molecule has 1 heterocycles. The van der Waals surface area contributed by atoms with Gasteiger partial charge in [-0.05, 0) is 48.8 Å². The molecule has 2 aromatic rings. The Morgan fingerprint density at radius 1 is 1.00 bits per heavy atom. The smallest absolute Gasteiger partial charge is 0.330 e. The molecule has 1 saturated heterocycles. The van der Waals surface area contributed by atoms with Gasteiger partial charge in [0.1, 0.15) is 11.8 Å². The topological polar surface area (TPSA) is 102 Å². The van der Waals surface area contributed by atoms with Crippen LogP contribution < -0.4 is 10.1 Å². The lowest BCUT2D eigenvalue weighted by Gasteiger charge is -2.26. The van der Waals surface area contributed by atoms with Crippen LogP contribution in [0.1, 0.15) is 24.8 Å². The first kappa shape index (κ1) is 23.1. The second-order valence-electron chi connectivity index (χ2n) is 9.52. The van der Waals surface area contributed by atoms with E-state index in [-0.39, 0.29) is 41.9 Å². The van der Waals surface area contributed by atoms with Gasteiger partial charge in [-0.25, -0.2) is 4.79 Å². The number of hydrogen-bond donors (Lipinski definition) is 1. The molecule has 35 heavy (non-hydrogen) atoms. The molecule has 2 aromatic carbocycles. The molecule has 2 bridgehead atoms. The van der Waals surface area contributed by atoms with Crippen LogP contribution >= 0.6 is 0 Å². The molecule has 0 spiro atoms. The molecule has 2 saturated carbocycles. The minimum absolute atomic E-state index is 0.142. The lowest BCUT2D eigenvalue weighted by molar-refractivity contribution is -0.160. The van der Waals surface area contributed by atoms with Crippen LogP contribution in [0, 0.1) is 23.7 Å². The Hall–Kier alpha value is -3.68. The summed E-state index contributed by atoms with van der Waals surface area (Å²) in [5.74, 6) is -1.48. The summed E-state index contributed by atoms with van der Waals surface area (Å²) in [6.07, 6.45) is 2.97. The number of nitrogens with one attached hydrogen (secondary N) is 1. The predicted octanol–water partition coefficient (Wildman–Crippen LogP) is 2.82. The van der Waals surface area contributed by atoms with Gasteiger partial charge in [-0.2, -0.15) is 0 Å². The molecule has 5 atom stereocenters. The van der Waals surface area contributed by atoms with Crippen molar-refractivity contribution in [3.63, 3.8) is 0 Å². The minimum Gasteiger partial charge on any atom is -0.497 e. The number of anilines is 1. The van der Waals surface area contributed by atoms with E-state index < -0.39 is 24.5 Å². The van der Waals surface area contributed by atoms with Crippen molar-refractivity contribution < 1.29 is 28.7 Å². The largest absolute Gasteiger partial charge is 0.497 e. The molecule has 8 heteroatoms. The summed E-state index contributed by atoms with van der Waals surface area (Å²) in [4.78, 5) is 53.5. The number of imide groups is 1. The van der Waals surface area contributed by atoms with Crippen molar-refractivity contribution >= 4 is 29.4 Å². The van der Waals surface area contributed by atoms with Gasteiger partial charge in [0.2, 0.25) is 11.8 Å². The Kier molecular flexibility index (Phi) is 6.28. The summed E-state index contributed by atoms with van der Waals surface area (Å²) in [6, 6.07) is 14.9. The number of fused-ring (bicyclic) bond motifs is 5. The highest BCUT2D eigenvalue weighted by Gasteiger charge is 2.62. The quantitative estimate of drug-likeness (QED) is 0.464. The summed E-state index contributed by atoms with van der Waals surface area (Å²) < 4.78 is 10.5. The number of ether oxygens (including phenoxy) is 2. The van der Waals surface area contributed by atoms with Crippen LogP contribution in [0.3, 0.4) is 0 Å². The molecule has 8 nitrogen and oxygen atoms in total. The van der Waals surface area contributed by atoms with Crippen LogP contribution in [-0.4, -0.2) is 48.3 Å². The van der Waals surface area contributed by atoms with Crippen LogP contribution in [0.25, 0.3) is 0 Å². The summed E-state index contributed by atoms with van der Waals surface area (Å²) in [5, 5.41) is 2.66. The first-order valence-corrected chi connectivity index (χ1v) is 12.0. The van der Waals surface area contributed by atoms with Gasteiger partial charge in [-0.15, -0.1) is 0 Å². The monoisotopic (exact) mass is 476 g/mol. The lowest BCUT2D eigenvalue weighted by Crippen LogP contribution is -2.48. The normalized spacial score (nSPS) is 25.3. The number of rotatable bonds is 8. The highest BCUT2D eigenvalue weighted by atomic mass is 16.5. The predicted molar refractivity (Wildman–Crippen MR) is 126 cm³/mol. The first-order chi connectivity index (χ1) is 17.0. The Morgan fingerprint density at radius 3 is 2.34 bits per heavy atom. The Labute approximate surface area is 203 Å². The van der Waals surface area contributed by atoms with Crippen molar-refractivity contribution in [1.82, 2.24) is 4.90 Å². The van der Waals surface area contributed by atoms with E-state index in [0.29, 0.717) is 11.4 Å². The fourth-order valence-electron chi connectivity index (χ4n) is 5.99. The zero-order valence-electron chi connectivity index (χ0n) is 19.5. The third-order valence-corrected chi connectivity index (χ3v) is 7.52. The van der Waals surface area contributed by atoms with Crippen LogP contribution in [-0.2, 0) is 30.3 Å². The number of benzene rings is 2. The number of nitrogens with zero attached hydrogens (tertiary/aromatic N) is 1. The molecule has 0 aromatic heterocycles. The maximum absolute atomic E-state index is 13.4. The Bertz CT molecular complexity index is 1120. The second-order valence-corrected chi connectivity index (χ2v) is 9.52. The minimum atomic E-state index is -1.10. The van der Waals surface area contributed by atoms with Crippen LogP contribution in [0.2, 0.25) is 0 Å². The molecule has 0 unspecified atom stereocenters. The van der Waals surface area contributed by atoms with Crippen LogP contribution in [0.5, 0.6) is 5.75 Å². The van der Waals surface area contributed by atoms with Crippen molar-refractivity contribution in [2.75, 3.05) is 19.0 Å². The van der Waals surface area contributed by atoms with E-state index in [0.717, 1.165) is 29.7 Å². The number of carbonyl (C=O) groups excluding carboxylic acids is 4. The summed E-state index contributed by atoms with van der Waals surface area (Å²) in [5.41, 5.74) is 1.30. The fraction of sp³-hybridized carbons (Fsp3) is 0.407. The number of hydrogen-bond acceptors (Lipinski definition) is 6. The number of methoxy groups -OCH3 is 1. The highest BCUT2D eigenvalue weighted by Crippen LogP contribution is 2.56. The van der Waals surface area contributed by atoms with Crippen molar-refractivity contribution in [2.24, 2.45) is 23.7 Å². The standard InChI is InChI=1S/C27H28N2O6/c1-34-20-9-5-8-19(14-20)28-22(30)15-35-27(33)21(12-16-6-3-2-4-7-16)29-25(31)23-17-10-11-18(13-17)24(23)26(29)32/h2-9,14,17-18,21,23-24H,10-13,15H2,1H3,(H,28,30)/t17-,18-,21+,23-,24+/m0/s1. The van der Waals surface area contributed by atoms with Gasteiger partial charge in [0.25, 0.3) is 5.91 Å². The zero-order chi connectivity index (χ0) is 24.5. The Balaban J connectivity index is 1.30. The van der Waals surface area contributed by atoms with Crippen molar-refractivity contribution in [3.8, 4) is 5.75 Å². The van der Waals surface area contributed by atoms with E-state index >= 15 is 0 Å². The van der Waals surface area contributed by atoms with Crippen molar-refractivity contribution in [2.45, 2.75) is 31.7 Å². The molecule has 182 valence electrons. The average Bonchev–Trinajstić information content (AvgIpc) is 3.56. The molecule has 3 fully saturated rings. The maximum Gasteiger partial charge on any atom is 0.330 e. The SMILES string of the molecule is COc1cccc(NC(=O)COC(=O)[C@@H](Cc2ccccc2)N2C(=O)[C@@H]3[C@H]4CC[C@@H](C4)[C@@H]3C2=O)c1. The van der Waals surface area contributed by atoms with Crippen molar-refractivity contribution in [1.29, 1.82) is 0 Å². The number of amides is 3. The van der Waals surface area contributed by atoms with Crippen molar-refractivity contribution in [3.05, 3.63) is 60.2 Å². The third kappa shape index (κ3) is 4.40. The molecule has 3 amide bonds. The average molecular weight is 477 g/mol. The molecular formula is C27H28N2O6. The van der Waals surface area contributed by atoms with Gasteiger partial charge in [0.05, 0.1) is 18.9 Å². The summed E-state index contributed by atoms with van der Waals surface area (Å²) in [6.45, 7) is -0.532. The summed E-state index contributed by atoms with van der Waals surface area (Å²) in [7, 11) is 1.52. The van der Waals surface area contributed by atoms with Gasteiger partial charge >= 0.3 is 5.97 Å². The fourth-order valence-corrected chi connectivity index (χ4v) is 5.99. The molecule has 1 aliphatic heterocycles. The van der Waals surface area contributed by atoms with E-state index in [2.05, 4.69) is 5.32 Å². The highest BCUT2D eigenvalue weighted by molar-refractivity contribution is 6.08. The maximum atomic E-state index is 13.4. The van der Waals surface area contributed by atoms with Gasteiger partial charge in [-0.3, -0.25) is 19.3 Å². The van der Waals surface area contributed by atoms with E-state index in [1.807, 2.05) is 30.3 Å². The third-order valence-electron chi connectivity index (χ3n) is 7.52. The molecule has 0 radical (unpaired) electrons. The van der Waals surface area contributed by atoms with E-state index in [1.54, 1.807) is 24.3 Å². The van der Waals surface area contributed by atoms with Gasteiger partial charge in [0, 0.05) is 18.2 Å². The zero-order valence-corrected chi connectivity index (χ0v) is 19.5. The molecule has 5 rings (SSSR count). The summed E-state index contributed by atoms with van der Waals surface area (Å²) >= 11 is 0. The van der Waals surface area contributed by atoms with Crippen LogP contribution in [0.4, 0.5) is 5.69 Å². The number of esters is 1. The first-order valence-electron chi connectivity index (χ1n) is 12.0. The van der Waals surface area contributed by atoms with E-state index in [9.17, 15) is 19.2 Å². The van der Waals surface area contributed by atoms with E-state index in [4.69, 9.17) is 9.47 Å². The molecule has 2 aliphatic carbocycles. The van der Waals surface area contributed by atoms with Gasteiger partial charge < -0.3 is 14.8 Å². The lowest BCUT2D eigenvalue weighted by atomic mass is 9.81.